The van der Waals surface area contributed by atoms with Crippen molar-refractivity contribution in [2.45, 2.75) is 70.4 Å². The zero-order chi connectivity index (χ0) is 12.4. The SMILES string of the molecule is CC(NC1CCC2(CCCC2)CC1)c1ccsc1. The Morgan fingerprint density at radius 3 is 2.56 bits per heavy atom. The Morgan fingerprint density at radius 2 is 1.94 bits per heavy atom. The summed E-state index contributed by atoms with van der Waals surface area (Å²) in [7, 11) is 0. The summed E-state index contributed by atoms with van der Waals surface area (Å²) in [5.41, 5.74) is 2.23. The minimum absolute atomic E-state index is 0.527. The van der Waals surface area contributed by atoms with E-state index >= 15 is 0 Å². The van der Waals surface area contributed by atoms with Gasteiger partial charge in [-0.15, -0.1) is 0 Å². The van der Waals surface area contributed by atoms with Crippen LogP contribution in [0.2, 0.25) is 0 Å². The topological polar surface area (TPSA) is 12.0 Å². The van der Waals surface area contributed by atoms with Crippen molar-refractivity contribution in [3.05, 3.63) is 22.4 Å². The van der Waals surface area contributed by atoms with E-state index in [-0.39, 0.29) is 0 Å². The maximum absolute atomic E-state index is 3.83. The van der Waals surface area contributed by atoms with Gasteiger partial charge < -0.3 is 5.32 Å². The first kappa shape index (κ1) is 12.7. The molecule has 2 saturated carbocycles. The Kier molecular flexibility index (Phi) is 3.76. The van der Waals surface area contributed by atoms with Crippen LogP contribution >= 0.6 is 11.3 Å². The molecule has 1 aromatic rings. The Bertz CT molecular complexity index is 354. The fourth-order valence-electron chi connectivity index (χ4n) is 3.99. The van der Waals surface area contributed by atoms with Gasteiger partial charge in [0.15, 0.2) is 0 Å². The molecule has 2 fully saturated rings. The molecule has 0 aromatic carbocycles. The van der Waals surface area contributed by atoms with E-state index in [0.29, 0.717) is 6.04 Å². The largest absolute Gasteiger partial charge is 0.307 e. The predicted octanol–water partition coefficient (Wildman–Crippen LogP) is 4.90. The van der Waals surface area contributed by atoms with Gasteiger partial charge in [-0.3, -0.25) is 0 Å². The molecule has 2 heteroatoms. The second kappa shape index (κ2) is 5.34. The van der Waals surface area contributed by atoms with Gasteiger partial charge in [-0.2, -0.15) is 11.3 Å². The fraction of sp³-hybridized carbons (Fsp3) is 0.750. The molecule has 3 rings (SSSR count). The number of hydrogen-bond donors (Lipinski definition) is 1. The monoisotopic (exact) mass is 263 g/mol. The molecule has 1 spiro atoms. The molecule has 1 nitrogen and oxygen atoms in total. The van der Waals surface area contributed by atoms with Crippen molar-refractivity contribution in [2.24, 2.45) is 5.41 Å². The second-order valence-electron chi connectivity index (χ2n) is 6.43. The van der Waals surface area contributed by atoms with Crippen molar-refractivity contribution in [1.29, 1.82) is 0 Å². The highest BCUT2D eigenvalue weighted by Crippen LogP contribution is 2.49. The lowest BCUT2D eigenvalue weighted by molar-refractivity contribution is 0.164. The van der Waals surface area contributed by atoms with Crippen LogP contribution in [0.4, 0.5) is 0 Å². The first-order valence-electron chi connectivity index (χ1n) is 7.56. The molecule has 2 aliphatic carbocycles. The molecular weight excluding hydrogens is 238 g/mol. The second-order valence-corrected chi connectivity index (χ2v) is 7.21. The third kappa shape index (κ3) is 2.65. The highest BCUT2D eigenvalue weighted by Gasteiger charge is 2.37. The first-order valence-corrected chi connectivity index (χ1v) is 8.50. The highest BCUT2D eigenvalue weighted by atomic mass is 32.1. The lowest BCUT2D eigenvalue weighted by Crippen LogP contribution is -2.37. The summed E-state index contributed by atoms with van der Waals surface area (Å²) in [5.74, 6) is 0. The van der Waals surface area contributed by atoms with E-state index in [0.717, 1.165) is 11.5 Å². The van der Waals surface area contributed by atoms with Crippen LogP contribution in [0.25, 0.3) is 0 Å². The lowest BCUT2D eigenvalue weighted by atomic mass is 9.71. The third-order valence-electron chi connectivity index (χ3n) is 5.24. The summed E-state index contributed by atoms with van der Waals surface area (Å²) < 4.78 is 0. The molecule has 0 radical (unpaired) electrons. The molecule has 1 unspecified atom stereocenters. The van der Waals surface area contributed by atoms with E-state index in [2.05, 4.69) is 29.1 Å². The standard InChI is InChI=1S/C16H25NS/c1-13(14-6-11-18-12-14)17-15-4-9-16(10-5-15)7-2-3-8-16/h6,11-13,15,17H,2-5,7-10H2,1H3. The van der Waals surface area contributed by atoms with E-state index < -0.39 is 0 Å². The molecule has 0 bridgehead atoms. The van der Waals surface area contributed by atoms with Gasteiger partial charge in [0.1, 0.15) is 0 Å². The smallest absolute Gasteiger partial charge is 0.0302 e. The highest BCUT2D eigenvalue weighted by molar-refractivity contribution is 7.07. The normalized spacial score (nSPS) is 25.6. The number of hydrogen-bond acceptors (Lipinski definition) is 2. The van der Waals surface area contributed by atoms with Crippen molar-refractivity contribution in [3.8, 4) is 0 Å². The fourth-order valence-corrected chi connectivity index (χ4v) is 4.75. The van der Waals surface area contributed by atoms with Crippen molar-refractivity contribution >= 4 is 11.3 Å². The van der Waals surface area contributed by atoms with Crippen LogP contribution in [0.1, 0.15) is 69.9 Å². The number of nitrogens with one attached hydrogen (secondary N) is 1. The number of rotatable bonds is 3. The Balaban J connectivity index is 1.51. The summed E-state index contributed by atoms with van der Waals surface area (Å²) in [4.78, 5) is 0. The first-order chi connectivity index (χ1) is 8.77. The summed E-state index contributed by atoms with van der Waals surface area (Å²) in [5, 5.41) is 8.29. The quantitative estimate of drug-likeness (QED) is 0.817. The van der Waals surface area contributed by atoms with Gasteiger partial charge in [0.2, 0.25) is 0 Å². The maximum Gasteiger partial charge on any atom is 0.0302 e. The Hall–Kier alpha value is -0.340. The summed E-state index contributed by atoms with van der Waals surface area (Å²) in [6.45, 7) is 2.31. The molecule has 100 valence electrons. The van der Waals surface area contributed by atoms with Gasteiger partial charge >= 0.3 is 0 Å². The molecule has 2 aliphatic rings. The third-order valence-corrected chi connectivity index (χ3v) is 5.94. The molecule has 1 aromatic heterocycles. The molecule has 0 aliphatic heterocycles. The summed E-state index contributed by atoms with van der Waals surface area (Å²) in [6.07, 6.45) is 11.7. The molecule has 18 heavy (non-hydrogen) atoms. The zero-order valence-corrected chi connectivity index (χ0v) is 12.3. The van der Waals surface area contributed by atoms with Crippen LogP contribution < -0.4 is 5.32 Å². The van der Waals surface area contributed by atoms with E-state index in [9.17, 15) is 0 Å². The molecule has 0 saturated heterocycles. The van der Waals surface area contributed by atoms with Crippen LogP contribution in [0, 0.1) is 5.41 Å². The van der Waals surface area contributed by atoms with Crippen LogP contribution in [-0.4, -0.2) is 6.04 Å². The zero-order valence-electron chi connectivity index (χ0n) is 11.5. The van der Waals surface area contributed by atoms with E-state index in [1.807, 2.05) is 0 Å². The summed E-state index contributed by atoms with van der Waals surface area (Å²) >= 11 is 1.81. The molecule has 0 amide bonds. The van der Waals surface area contributed by atoms with E-state index in [4.69, 9.17) is 0 Å². The minimum atomic E-state index is 0.527. The van der Waals surface area contributed by atoms with Crippen molar-refractivity contribution in [3.63, 3.8) is 0 Å². The average Bonchev–Trinajstić information content (AvgIpc) is 3.04. The molecule has 1 N–H and O–H groups in total. The van der Waals surface area contributed by atoms with Gasteiger partial charge in [0.05, 0.1) is 0 Å². The Morgan fingerprint density at radius 1 is 1.22 bits per heavy atom. The minimum Gasteiger partial charge on any atom is -0.307 e. The van der Waals surface area contributed by atoms with Gasteiger partial charge in [-0.1, -0.05) is 12.8 Å². The molecular formula is C16H25NS. The lowest BCUT2D eigenvalue weighted by Gasteiger charge is -2.38. The Labute approximate surface area is 115 Å². The average molecular weight is 263 g/mol. The molecule has 1 heterocycles. The van der Waals surface area contributed by atoms with Crippen LogP contribution in [0.5, 0.6) is 0 Å². The van der Waals surface area contributed by atoms with Crippen molar-refractivity contribution in [1.82, 2.24) is 5.32 Å². The molecule has 1 atom stereocenters. The van der Waals surface area contributed by atoms with E-state index in [1.165, 1.54) is 56.9 Å². The van der Waals surface area contributed by atoms with Crippen LogP contribution in [0.3, 0.4) is 0 Å². The van der Waals surface area contributed by atoms with Gasteiger partial charge in [-0.05, 0) is 73.3 Å². The predicted molar refractivity (Wildman–Crippen MR) is 79.0 cm³/mol. The maximum atomic E-state index is 3.83. The van der Waals surface area contributed by atoms with E-state index in [1.54, 1.807) is 11.3 Å². The summed E-state index contributed by atoms with van der Waals surface area (Å²) in [6, 6.07) is 3.54. The van der Waals surface area contributed by atoms with Gasteiger partial charge in [0, 0.05) is 12.1 Å². The van der Waals surface area contributed by atoms with Gasteiger partial charge in [0.25, 0.3) is 0 Å². The van der Waals surface area contributed by atoms with Crippen molar-refractivity contribution in [2.75, 3.05) is 0 Å². The van der Waals surface area contributed by atoms with Crippen LogP contribution in [0.15, 0.2) is 16.8 Å². The van der Waals surface area contributed by atoms with Gasteiger partial charge in [-0.25, -0.2) is 0 Å². The van der Waals surface area contributed by atoms with Crippen molar-refractivity contribution < 1.29 is 0 Å². The number of thiophene rings is 1. The van der Waals surface area contributed by atoms with Crippen LogP contribution in [-0.2, 0) is 0 Å².